The third-order valence-corrected chi connectivity index (χ3v) is 4.91. The van der Waals surface area contributed by atoms with E-state index in [-0.39, 0.29) is 5.56 Å². The van der Waals surface area contributed by atoms with E-state index in [0.717, 1.165) is 22.3 Å². The number of hydrogen-bond acceptors (Lipinski definition) is 6. The van der Waals surface area contributed by atoms with Gasteiger partial charge in [0.2, 0.25) is 5.95 Å². The highest BCUT2D eigenvalue weighted by Gasteiger charge is 2.14. The summed E-state index contributed by atoms with van der Waals surface area (Å²) >= 11 is 6.56. The maximum absolute atomic E-state index is 13.0. The van der Waals surface area contributed by atoms with Crippen LogP contribution in [0.25, 0.3) is 33.4 Å². The van der Waals surface area contributed by atoms with E-state index in [4.69, 9.17) is 11.6 Å². The van der Waals surface area contributed by atoms with Gasteiger partial charge < -0.3 is 5.32 Å². The van der Waals surface area contributed by atoms with Crippen molar-refractivity contribution in [3.63, 3.8) is 0 Å². The molecule has 0 saturated carbocycles. The first-order chi connectivity index (χ1) is 14.0. The quantitative estimate of drug-likeness (QED) is 0.554. The molecule has 0 unspecified atom stereocenters. The number of aromatic nitrogens is 5. The van der Waals surface area contributed by atoms with Crippen LogP contribution in [-0.4, -0.2) is 31.0 Å². The summed E-state index contributed by atoms with van der Waals surface area (Å²) in [5.41, 5.74) is 3.92. The summed E-state index contributed by atoms with van der Waals surface area (Å²) in [5, 5.41) is 4.28. The lowest BCUT2D eigenvalue weighted by atomic mass is 10.0. The van der Waals surface area contributed by atoms with E-state index in [2.05, 4.69) is 25.3 Å². The van der Waals surface area contributed by atoms with E-state index in [1.54, 1.807) is 37.8 Å². The molecule has 3 heterocycles. The normalized spacial score (nSPS) is 11.0. The van der Waals surface area contributed by atoms with Crippen LogP contribution in [-0.2, 0) is 7.05 Å². The van der Waals surface area contributed by atoms with Gasteiger partial charge in [-0.25, -0.2) is 9.97 Å². The van der Waals surface area contributed by atoms with Crippen molar-refractivity contribution in [3.05, 3.63) is 63.9 Å². The maximum Gasteiger partial charge on any atom is 0.259 e. The Morgan fingerprint density at radius 1 is 1.10 bits per heavy atom. The van der Waals surface area contributed by atoms with E-state index in [1.807, 2.05) is 26.0 Å². The predicted molar refractivity (Wildman–Crippen MR) is 115 cm³/mol. The van der Waals surface area contributed by atoms with Crippen LogP contribution in [0.4, 0.5) is 5.95 Å². The summed E-state index contributed by atoms with van der Waals surface area (Å²) in [7, 11) is 1.70. The van der Waals surface area contributed by atoms with Gasteiger partial charge in [-0.05, 0) is 26.0 Å². The molecule has 29 heavy (non-hydrogen) atoms. The first kappa shape index (κ1) is 19.0. The highest BCUT2D eigenvalue weighted by molar-refractivity contribution is 6.33. The predicted octanol–water partition coefficient (Wildman–Crippen LogP) is 3.85. The van der Waals surface area contributed by atoms with Crippen molar-refractivity contribution in [2.75, 3.05) is 11.9 Å². The Morgan fingerprint density at radius 2 is 1.93 bits per heavy atom. The Kier molecular flexibility index (Phi) is 4.98. The highest BCUT2D eigenvalue weighted by Crippen LogP contribution is 2.31. The third kappa shape index (κ3) is 3.56. The second-order valence-corrected chi connectivity index (χ2v) is 7.07. The second kappa shape index (κ2) is 7.60. The van der Waals surface area contributed by atoms with Gasteiger partial charge in [0, 0.05) is 53.1 Å². The molecule has 146 valence electrons. The smallest absolute Gasteiger partial charge is 0.259 e. The van der Waals surface area contributed by atoms with Crippen LogP contribution in [0.5, 0.6) is 0 Å². The number of benzene rings is 1. The molecule has 7 nitrogen and oxygen atoms in total. The van der Waals surface area contributed by atoms with Crippen LogP contribution in [0.1, 0.15) is 12.6 Å². The number of halogens is 1. The van der Waals surface area contributed by atoms with Gasteiger partial charge in [-0.15, -0.1) is 0 Å². The van der Waals surface area contributed by atoms with Gasteiger partial charge >= 0.3 is 0 Å². The van der Waals surface area contributed by atoms with Crippen molar-refractivity contribution < 1.29 is 0 Å². The SMILES string of the molecule is CCNc1ncc2cc(-c3ccc(-c4cncc(C)n4)cc3Cl)c(=O)n(C)c2n1. The summed E-state index contributed by atoms with van der Waals surface area (Å²) in [6.45, 7) is 4.54. The van der Waals surface area contributed by atoms with E-state index in [9.17, 15) is 4.79 Å². The number of pyridine rings is 1. The van der Waals surface area contributed by atoms with Gasteiger partial charge in [0.15, 0.2) is 0 Å². The molecular weight excluding hydrogens is 388 g/mol. The second-order valence-electron chi connectivity index (χ2n) is 6.67. The van der Waals surface area contributed by atoms with Gasteiger partial charge in [-0.2, -0.15) is 4.98 Å². The lowest BCUT2D eigenvalue weighted by Crippen LogP contribution is -2.20. The number of rotatable bonds is 4. The van der Waals surface area contributed by atoms with Gasteiger partial charge in [0.05, 0.1) is 17.6 Å². The number of nitrogens with zero attached hydrogens (tertiary/aromatic N) is 5. The van der Waals surface area contributed by atoms with Gasteiger partial charge in [0.1, 0.15) is 5.65 Å². The monoisotopic (exact) mass is 406 g/mol. The Morgan fingerprint density at radius 3 is 2.66 bits per heavy atom. The lowest BCUT2D eigenvalue weighted by molar-refractivity contribution is 0.885. The van der Waals surface area contributed by atoms with Gasteiger partial charge in [-0.1, -0.05) is 23.7 Å². The summed E-state index contributed by atoms with van der Waals surface area (Å²) in [6, 6.07) is 7.30. The minimum absolute atomic E-state index is 0.177. The average molecular weight is 407 g/mol. The molecule has 0 amide bonds. The largest absolute Gasteiger partial charge is 0.354 e. The van der Waals surface area contributed by atoms with Crippen molar-refractivity contribution in [1.29, 1.82) is 0 Å². The number of nitrogens with one attached hydrogen (secondary N) is 1. The first-order valence-corrected chi connectivity index (χ1v) is 9.55. The lowest BCUT2D eigenvalue weighted by Gasteiger charge is -2.11. The molecule has 0 fully saturated rings. The molecule has 4 rings (SSSR count). The van der Waals surface area contributed by atoms with Gasteiger partial charge in [0.25, 0.3) is 5.56 Å². The summed E-state index contributed by atoms with van der Waals surface area (Å²) < 4.78 is 1.52. The minimum atomic E-state index is -0.177. The zero-order valence-corrected chi connectivity index (χ0v) is 17.0. The van der Waals surface area contributed by atoms with E-state index < -0.39 is 0 Å². The molecule has 8 heteroatoms. The summed E-state index contributed by atoms with van der Waals surface area (Å²) in [6.07, 6.45) is 5.09. The summed E-state index contributed by atoms with van der Waals surface area (Å²) in [4.78, 5) is 30.4. The molecular formula is C21H19ClN6O. The molecule has 0 aliphatic heterocycles. The number of anilines is 1. The van der Waals surface area contributed by atoms with Crippen molar-refractivity contribution in [3.8, 4) is 22.4 Å². The summed E-state index contributed by atoms with van der Waals surface area (Å²) in [5.74, 6) is 0.490. The van der Waals surface area contributed by atoms with Gasteiger partial charge in [-0.3, -0.25) is 14.3 Å². The molecule has 0 atom stereocenters. The Bertz CT molecular complexity index is 1280. The van der Waals surface area contributed by atoms with Crippen LogP contribution in [0.3, 0.4) is 0 Å². The molecule has 0 radical (unpaired) electrons. The minimum Gasteiger partial charge on any atom is -0.354 e. The first-order valence-electron chi connectivity index (χ1n) is 9.17. The van der Waals surface area contributed by atoms with Crippen LogP contribution < -0.4 is 10.9 Å². The fourth-order valence-corrected chi connectivity index (χ4v) is 3.46. The molecule has 0 aliphatic carbocycles. The molecule has 3 aromatic heterocycles. The van der Waals surface area contributed by atoms with Crippen LogP contribution in [0.15, 0.2) is 47.7 Å². The van der Waals surface area contributed by atoms with Crippen LogP contribution in [0.2, 0.25) is 5.02 Å². The standard InChI is InChI=1S/C21H19ClN6O/c1-4-24-21-25-10-14-7-16(20(29)28(3)19(14)27-21)15-6-5-13(8-17(15)22)18-11-23-9-12(2)26-18/h5-11H,4H2,1-3H3,(H,24,25,27). The molecule has 1 N–H and O–H groups in total. The average Bonchev–Trinajstić information content (AvgIpc) is 2.71. The Hall–Kier alpha value is -3.32. The molecule has 0 spiro atoms. The zero-order chi connectivity index (χ0) is 20.5. The molecule has 0 saturated heterocycles. The van der Waals surface area contributed by atoms with Crippen molar-refractivity contribution in [2.24, 2.45) is 7.05 Å². The maximum atomic E-state index is 13.0. The number of hydrogen-bond donors (Lipinski definition) is 1. The van der Waals surface area contributed by atoms with Crippen molar-refractivity contribution >= 4 is 28.6 Å². The molecule has 0 bridgehead atoms. The van der Waals surface area contributed by atoms with E-state index in [1.165, 1.54) is 4.57 Å². The van der Waals surface area contributed by atoms with Crippen molar-refractivity contribution in [1.82, 2.24) is 24.5 Å². The van der Waals surface area contributed by atoms with E-state index in [0.29, 0.717) is 34.3 Å². The Labute approximate surface area is 172 Å². The molecule has 1 aromatic carbocycles. The number of aryl methyl sites for hydroxylation is 2. The fraction of sp³-hybridized carbons (Fsp3) is 0.190. The van der Waals surface area contributed by atoms with Crippen LogP contribution in [0, 0.1) is 6.92 Å². The molecule has 4 aromatic rings. The highest BCUT2D eigenvalue weighted by atomic mass is 35.5. The Balaban J connectivity index is 1.83. The topological polar surface area (TPSA) is 85.6 Å². The van der Waals surface area contributed by atoms with Crippen LogP contribution >= 0.6 is 11.6 Å². The third-order valence-electron chi connectivity index (χ3n) is 4.59. The fourth-order valence-electron chi connectivity index (χ4n) is 3.18. The zero-order valence-electron chi connectivity index (χ0n) is 16.3. The molecule has 0 aliphatic rings. The van der Waals surface area contributed by atoms with E-state index >= 15 is 0 Å². The van der Waals surface area contributed by atoms with Crippen molar-refractivity contribution in [2.45, 2.75) is 13.8 Å². The number of fused-ring (bicyclic) bond motifs is 1.